The molecule has 0 radical (unpaired) electrons. The number of rotatable bonds is 6. The standard InChI is InChI=1S/C13H19NO3/c1-9(15)4-6-12(14)11-8-10(16-2)5-7-13(11)17-3/h5,7-8,12H,4,6,14H2,1-3H3. The molecule has 0 amide bonds. The predicted octanol–water partition coefficient (Wildman–Crippen LogP) is 2.07. The third-order valence-corrected chi connectivity index (χ3v) is 2.64. The van der Waals surface area contributed by atoms with Gasteiger partial charge in [-0.2, -0.15) is 0 Å². The summed E-state index contributed by atoms with van der Waals surface area (Å²) in [7, 11) is 3.20. The van der Waals surface area contributed by atoms with Gasteiger partial charge in [-0.05, 0) is 31.5 Å². The second-order valence-electron chi connectivity index (χ2n) is 3.96. The molecule has 0 bridgehead atoms. The fourth-order valence-corrected chi connectivity index (χ4v) is 1.64. The highest BCUT2D eigenvalue weighted by Crippen LogP contribution is 2.30. The van der Waals surface area contributed by atoms with Crippen molar-refractivity contribution < 1.29 is 14.3 Å². The second-order valence-corrected chi connectivity index (χ2v) is 3.96. The van der Waals surface area contributed by atoms with Crippen LogP contribution >= 0.6 is 0 Å². The van der Waals surface area contributed by atoms with E-state index in [4.69, 9.17) is 15.2 Å². The number of carbonyl (C=O) groups is 1. The molecule has 4 heteroatoms. The highest BCUT2D eigenvalue weighted by Gasteiger charge is 2.13. The first-order valence-corrected chi connectivity index (χ1v) is 5.55. The van der Waals surface area contributed by atoms with Crippen LogP contribution in [-0.2, 0) is 4.79 Å². The third-order valence-electron chi connectivity index (χ3n) is 2.64. The molecule has 17 heavy (non-hydrogen) atoms. The van der Waals surface area contributed by atoms with Crippen LogP contribution in [0.1, 0.15) is 31.4 Å². The van der Waals surface area contributed by atoms with Crippen molar-refractivity contribution in [2.24, 2.45) is 5.73 Å². The van der Waals surface area contributed by atoms with Gasteiger partial charge in [-0.25, -0.2) is 0 Å². The van der Waals surface area contributed by atoms with Crippen LogP contribution in [0.2, 0.25) is 0 Å². The average molecular weight is 237 g/mol. The molecule has 1 rings (SSSR count). The van der Waals surface area contributed by atoms with Crippen LogP contribution in [0.4, 0.5) is 0 Å². The second kappa shape index (κ2) is 6.25. The van der Waals surface area contributed by atoms with Gasteiger partial charge in [0.05, 0.1) is 14.2 Å². The maximum Gasteiger partial charge on any atom is 0.129 e. The Morgan fingerprint density at radius 1 is 1.35 bits per heavy atom. The van der Waals surface area contributed by atoms with Gasteiger partial charge >= 0.3 is 0 Å². The van der Waals surface area contributed by atoms with Crippen LogP contribution in [0.5, 0.6) is 11.5 Å². The van der Waals surface area contributed by atoms with E-state index in [0.29, 0.717) is 12.8 Å². The Labute approximate surface area is 102 Å². The molecule has 4 nitrogen and oxygen atoms in total. The lowest BCUT2D eigenvalue weighted by molar-refractivity contribution is -0.117. The van der Waals surface area contributed by atoms with Gasteiger partial charge in [0.2, 0.25) is 0 Å². The quantitative estimate of drug-likeness (QED) is 0.822. The van der Waals surface area contributed by atoms with E-state index in [2.05, 4.69) is 0 Å². The van der Waals surface area contributed by atoms with E-state index in [1.165, 1.54) is 0 Å². The number of ketones is 1. The average Bonchev–Trinajstić information content (AvgIpc) is 2.34. The predicted molar refractivity (Wildman–Crippen MR) is 66.4 cm³/mol. The van der Waals surface area contributed by atoms with E-state index in [0.717, 1.165) is 17.1 Å². The van der Waals surface area contributed by atoms with E-state index in [9.17, 15) is 4.79 Å². The van der Waals surface area contributed by atoms with E-state index >= 15 is 0 Å². The molecule has 0 heterocycles. The largest absolute Gasteiger partial charge is 0.497 e. The van der Waals surface area contributed by atoms with Crippen molar-refractivity contribution in [2.75, 3.05) is 14.2 Å². The van der Waals surface area contributed by atoms with Crippen LogP contribution < -0.4 is 15.2 Å². The molecular formula is C13H19NO3. The lowest BCUT2D eigenvalue weighted by Gasteiger charge is -2.16. The molecular weight excluding hydrogens is 218 g/mol. The number of hydrogen-bond donors (Lipinski definition) is 1. The molecule has 0 saturated heterocycles. The molecule has 1 unspecified atom stereocenters. The Morgan fingerprint density at radius 3 is 2.59 bits per heavy atom. The summed E-state index contributed by atoms with van der Waals surface area (Å²) in [6.45, 7) is 1.57. The van der Waals surface area contributed by atoms with Gasteiger partial charge in [-0.1, -0.05) is 0 Å². The minimum absolute atomic E-state index is 0.141. The number of carbonyl (C=O) groups excluding carboxylic acids is 1. The monoisotopic (exact) mass is 237 g/mol. The van der Waals surface area contributed by atoms with Crippen LogP contribution in [0.25, 0.3) is 0 Å². The normalized spacial score (nSPS) is 12.0. The van der Waals surface area contributed by atoms with E-state index in [1.807, 2.05) is 18.2 Å². The Balaban J connectivity index is 2.88. The van der Waals surface area contributed by atoms with E-state index < -0.39 is 0 Å². The zero-order valence-corrected chi connectivity index (χ0v) is 10.5. The fourth-order valence-electron chi connectivity index (χ4n) is 1.64. The Kier molecular flexibility index (Phi) is 4.97. The van der Waals surface area contributed by atoms with Gasteiger partial charge in [0, 0.05) is 18.0 Å². The summed E-state index contributed by atoms with van der Waals surface area (Å²) in [4.78, 5) is 10.9. The summed E-state index contributed by atoms with van der Waals surface area (Å²) in [6.07, 6.45) is 1.08. The SMILES string of the molecule is COc1ccc(OC)c(C(N)CCC(C)=O)c1. The molecule has 0 aliphatic rings. The fraction of sp³-hybridized carbons (Fsp3) is 0.462. The molecule has 0 fully saturated rings. The van der Waals surface area contributed by atoms with Crippen molar-refractivity contribution >= 4 is 5.78 Å². The van der Waals surface area contributed by atoms with E-state index in [-0.39, 0.29) is 11.8 Å². The molecule has 1 aromatic carbocycles. The first-order chi connectivity index (χ1) is 8.08. The Morgan fingerprint density at radius 2 is 2.06 bits per heavy atom. The van der Waals surface area contributed by atoms with Crippen LogP contribution in [0, 0.1) is 0 Å². The first-order valence-electron chi connectivity index (χ1n) is 5.55. The van der Waals surface area contributed by atoms with Crippen molar-refractivity contribution in [3.05, 3.63) is 23.8 Å². The van der Waals surface area contributed by atoms with Gasteiger partial charge < -0.3 is 20.0 Å². The molecule has 0 aliphatic heterocycles. The molecule has 0 aliphatic carbocycles. The highest BCUT2D eigenvalue weighted by molar-refractivity contribution is 5.75. The van der Waals surface area contributed by atoms with Crippen LogP contribution in [-0.4, -0.2) is 20.0 Å². The smallest absolute Gasteiger partial charge is 0.129 e. The van der Waals surface area contributed by atoms with Crippen molar-refractivity contribution in [1.82, 2.24) is 0 Å². The Hall–Kier alpha value is -1.55. The summed E-state index contributed by atoms with van der Waals surface area (Å²) >= 11 is 0. The first kappa shape index (κ1) is 13.5. The van der Waals surface area contributed by atoms with Gasteiger partial charge in [-0.3, -0.25) is 0 Å². The number of hydrogen-bond acceptors (Lipinski definition) is 4. The summed E-state index contributed by atoms with van der Waals surface area (Å²) in [6, 6.07) is 5.27. The lowest BCUT2D eigenvalue weighted by Crippen LogP contribution is -2.13. The Bertz CT molecular complexity index is 390. The molecule has 2 N–H and O–H groups in total. The highest BCUT2D eigenvalue weighted by atomic mass is 16.5. The zero-order valence-electron chi connectivity index (χ0n) is 10.5. The summed E-state index contributed by atoms with van der Waals surface area (Å²) in [5.74, 6) is 1.60. The third kappa shape index (κ3) is 3.75. The summed E-state index contributed by atoms with van der Waals surface area (Å²) < 4.78 is 10.4. The van der Waals surface area contributed by atoms with Gasteiger partial charge in [0.15, 0.2) is 0 Å². The lowest BCUT2D eigenvalue weighted by atomic mass is 10.0. The van der Waals surface area contributed by atoms with Crippen molar-refractivity contribution in [3.8, 4) is 11.5 Å². The maximum absolute atomic E-state index is 10.9. The summed E-state index contributed by atoms with van der Waals surface area (Å²) in [5.41, 5.74) is 6.92. The molecule has 0 aromatic heterocycles. The maximum atomic E-state index is 10.9. The van der Waals surface area contributed by atoms with Crippen LogP contribution in [0.15, 0.2) is 18.2 Å². The van der Waals surface area contributed by atoms with Crippen molar-refractivity contribution in [3.63, 3.8) is 0 Å². The van der Waals surface area contributed by atoms with Gasteiger partial charge in [0.1, 0.15) is 17.3 Å². The molecule has 0 spiro atoms. The number of methoxy groups -OCH3 is 2. The molecule has 1 aromatic rings. The number of ether oxygens (including phenoxy) is 2. The minimum atomic E-state index is -0.219. The number of Topliss-reactive ketones (excluding diaryl/α,β-unsaturated/α-hetero) is 1. The topological polar surface area (TPSA) is 61.6 Å². The van der Waals surface area contributed by atoms with Crippen molar-refractivity contribution in [2.45, 2.75) is 25.8 Å². The minimum Gasteiger partial charge on any atom is -0.497 e. The number of benzene rings is 1. The summed E-state index contributed by atoms with van der Waals surface area (Å²) in [5, 5.41) is 0. The van der Waals surface area contributed by atoms with Gasteiger partial charge in [0.25, 0.3) is 0 Å². The van der Waals surface area contributed by atoms with E-state index in [1.54, 1.807) is 21.1 Å². The van der Waals surface area contributed by atoms with Crippen molar-refractivity contribution in [1.29, 1.82) is 0 Å². The molecule has 0 saturated carbocycles. The van der Waals surface area contributed by atoms with Gasteiger partial charge in [-0.15, -0.1) is 0 Å². The number of nitrogens with two attached hydrogens (primary N) is 1. The molecule has 94 valence electrons. The molecule has 1 atom stereocenters. The zero-order chi connectivity index (χ0) is 12.8. The van der Waals surface area contributed by atoms with Crippen LogP contribution in [0.3, 0.4) is 0 Å².